The van der Waals surface area contributed by atoms with Gasteiger partial charge in [0.05, 0.1) is 6.23 Å². The average Bonchev–Trinajstić information content (AvgIpc) is 1.94. The maximum Gasteiger partial charge on any atom is 0.311 e. The molecule has 0 heterocycles. The first-order valence-corrected chi connectivity index (χ1v) is 14.3. The van der Waals surface area contributed by atoms with Gasteiger partial charge < -0.3 is 13.0 Å². The molecule has 92 valence electrons. The first kappa shape index (κ1) is 15.5. The molecular weight excluding hydrogens is 240 g/mol. The van der Waals surface area contributed by atoms with E-state index < -0.39 is 25.9 Å². The van der Waals surface area contributed by atoms with Gasteiger partial charge in [0.2, 0.25) is 0 Å². The Labute approximate surface area is 98.2 Å². The van der Waals surface area contributed by atoms with Gasteiger partial charge in [-0.3, -0.25) is 0 Å². The summed E-state index contributed by atoms with van der Waals surface area (Å²) in [7, 11) is -4.58. The number of rotatable bonds is 7. The topological polar surface area (TPSA) is 27.7 Å². The first-order valence-electron chi connectivity index (χ1n) is 5.62. The smallest absolute Gasteiger partial charge is 0.311 e. The van der Waals surface area contributed by atoms with Crippen LogP contribution in [0.1, 0.15) is 6.92 Å². The van der Waals surface area contributed by atoms with Crippen LogP contribution < -0.4 is 0 Å². The Morgan fingerprint density at radius 2 is 1.60 bits per heavy atom. The second-order valence-corrected chi connectivity index (χ2v) is 15.9. The van der Waals surface area contributed by atoms with Gasteiger partial charge in [0.25, 0.3) is 0 Å². The van der Waals surface area contributed by atoms with Gasteiger partial charge in [-0.15, -0.1) is 0 Å². The summed E-state index contributed by atoms with van der Waals surface area (Å²) in [6.45, 7) is 15.9. The van der Waals surface area contributed by atoms with Crippen molar-refractivity contribution in [3.05, 3.63) is 0 Å². The molecule has 0 rings (SSSR count). The van der Waals surface area contributed by atoms with Crippen molar-refractivity contribution in [2.45, 2.75) is 46.2 Å². The van der Waals surface area contributed by atoms with E-state index in [4.69, 9.17) is 13.0 Å². The second kappa shape index (κ2) is 6.31. The predicted octanol–water partition coefficient (Wildman–Crippen LogP) is 2.49. The van der Waals surface area contributed by atoms with Gasteiger partial charge in [0.1, 0.15) is 0 Å². The molecule has 0 aliphatic carbocycles. The van der Waals surface area contributed by atoms with E-state index in [2.05, 4.69) is 39.3 Å². The molecule has 0 radical (unpaired) electrons. The summed E-state index contributed by atoms with van der Waals surface area (Å²) in [5, 5.41) is 0. The minimum Gasteiger partial charge on any atom is -0.437 e. The Morgan fingerprint density at radius 3 is 2.00 bits per heavy atom. The minimum absolute atomic E-state index is 0.775. The highest BCUT2D eigenvalue weighted by atomic mass is 28.5. The zero-order valence-electron chi connectivity index (χ0n) is 11.2. The van der Waals surface area contributed by atoms with Crippen LogP contribution in [0.25, 0.3) is 0 Å². The zero-order valence-corrected chi connectivity index (χ0v) is 14.4. The van der Waals surface area contributed by atoms with Crippen molar-refractivity contribution in [3.8, 4) is 0 Å². The largest absolute Gasteiger partial charge is 0.437 e. The molecule has 0 bridgehead atoms. The first-order chi connectivity index (χ1) is 6.66. The maximum absolute atomic E-state index is 6.11. The third kappa shape index (κ3) is 9.46. The lowest BCUT2D eigenvalue weighted by Gasteiger charge is -2.33. The summed E-state index contributed by atoms with van der Waals surface area (Å²) < 4.78 is 17.6. The third-order valence-electron chi connectivity index (χ3n) is 1.59. The van der Waals surface area contributed by atoms with Crippen molar-refractivity contribution in [2.75, 3.05) is 12.8 Å². The lowest BCUT2D eigenvalue weighted by Crippen LogP contribution is -2.48. The lowest BCUT2D eigenvalue weighted by molar-refractivity contribution is 0.181. The maximum atomic E-state index is 6.11. The Balaban J connectivity index is 4.01. The van der Waals surface area contributed by atoms with Gasteiger partial charge in [0, 0.05) is 6.61 Å². The van der Waals surface area contributed by atoms with Crippen molar-refractivity contribution in [1.29, 1.82) is 0 Å². The normalized spacial score (nSPS) is 15.4. The molecule has 0 aliphatic heterocycles. The molecule has 1 unspecified atom stereocenters. The van der Waals surface area contributed by atoms with E-state index in [1.165, 1.54) is 0 Å². The number of hydrogen-bond donors (Lipinski definition) is 0. The van der Waals surface area contributed by atoms with Crippen LogP contribution in [0.5, 0.6) is 0 Å². The summed E-state index contributed by atoms with van der Waals surface area (Å²) in [5.41, 5.74) is 0. The molecule has 0 amide bonds. The third-order valence-corrected chi connectivity index (χ3v) is 10.6. The summed E-state index contributed by atoms with van der Waals surface area (Å²) in [4.78, 5) is 0. The SMILES string of the molecule is CCOC[SiH](C)O[Si](C)(C)O[Si](C)(C)C. The number of ether oxygens (including phenoxy) is 1. The average molecular weight is 267 g/mol. The van der Waals surface area contributed by atoms with E-state index in [9.17, 15) is 0 Å². The highest BCUT2D eigenvalue weighted by molar-refractivity contribution is 6.84. The second-order valence-electron chi connectivity index (χ2n) is 5.20. The summed E-state index contributed by atoms with van der Waals surface area (Å²) in [6.07, 6.45) is 0.794. The molecule has 0 spiro atoms. The van der Waals surface area contributed by atoms with Gasteiger partial charge >= 0.3 is 8.56 Å². The van der Waals surface area contributed by atoms with Crippen molar-refractivity contribution in [2.24, 2.45) is 0 Å². The zero-order chi connectivity index (χ0) is 12.1. The van der Waals surface area contributed by atoms with Crippen molar-refractivity contribution < 1.29 is 13.0 Å². The van der Waals surface area contributed by atoms with Crippen LogP contribution in [0.4, 0.5) is 0 Å². The molecule has 6 heteroatoms. The van der Waals surface area contributed by atoms with Gasteiger partial charge in [-0.25, -0.2) is 0 Å². The Hall–Kier alpha value is 0.531. The van der Waals surface area contributed by atoms with Gasteiger partial charge in [-0.2, -0.15) is 0 Å². The molecule has 0 aromatic rings. The fourth-order valence-corrected chi connectivity index (χ4v) is 12.8. The Bertz CT molecular complexity index is 180. The molecular formula is C9H26O3Si3. The molecule has 0 aromatic heterocycles. The van der Waals surface area contributed by atoms with E-state index in [0.717, 1.165) is 12.8 Å². The van der Waals surface area contributed by atoms with E-state index in [0.29, 0.717) is 0 Å². The molecule has 15 heavy (non-hydrogen) atoms. The monoisotopic (exact) mass is 266 g/mol. The van der Waals surface area contributed by atoms with E-state index >= 15 is 0 Å². The van der Waals surface area contributed by atoms with Crippen molar-refractivity contribution >= 4 is 25.9 Å². The molecule has 0 N–H and O–H groups in total. The van der Waals surface area contributed by atoms with Gasteiger partial charge in [0.15, 0.2) is 17.4 Å². The molecule has 0 saturated carbocycles. The van der Waals surface area contributed by atoms with Crippen molar-refractivity contribution in [3.63, 3.8) is 0 Å². The fraction of sp³-hybridized carbons (Fsp3) is 1.00. The van der Waals surface area contributed by atoms with E-state index in [1.54, 1.807) is 0 Å². The summed E-state index contributed by atoms with van der Waals surface area (Å²) >= 11 is 0. The molecule has 3 nitrogen and oxygen atoms in total. The van der Waals surface area contributed by atoms with Crippen LogP contribution in [0.15, 0.2) is 0 Å². The standard InChI is InChI=1S/C9H26O3Si3/c1-8-10-9-13(2)11-15(6,7)12-14(3,4)5/h13H,8-9H2,1-7H3. The van der Waals surface area contributed by atoms with Crippen LogP contribution in [0.2, 0.25) is 39.3 Å². The van der Waals surface area contributed by atoms with Gasteiger partial charge in [-0.1, -0.05) is 0 Å². The summed E-state index contributed by atoms with van der Waals surface area (Å²) in [5.74, 6) is 0. The molecule has 0 aliphatic rings. The fourth-order valence-electron chi connectivity index (χ4n) is 1.56. The van der Waals surface area contributed by atoms with Gasteiger partial charge in [-0.05, 0) is 46.2 Å². The highest BCUT2D eigenvalue weighted by Gasteiger charge is 2.32. The lowest BCUT2D eigenvalue weighted by atomic mass is 10.9. The van der Waals surface area contributed by atoms with Crippen molar-refractivity contribution in [1.82, 2.24) is 0 Å². The highest BCUT2D eigenvalue weighted by Crippen LogP contribution is 2.16. The molecule has 1 atom stereocenters. The molecule has 0 fully saturated rings. The van der Waals surface area contributed by atoms with Crippen LogP contribution in [0.3, 0.4) is 0 Å². The van der Waals surface area contributed by atoms with Crippen LogP contribution >= 0.6 is 0 Å². The Kier molecular flexibility index (Phi) is 6.53. The van der Waals surface area contributed by atoms with Crippen LogP contribution in [-0.4, -0.2) is 38.8 Å². The summed E-state index contributed by atoms with van der Waals surface area (Å²) in [6, 6.07) is 0. The van der Waals surface area contributed by atoms with Crippen LogP contribution in [-0.2, 0) is 13.0 Å². The quantitative estimate of drug-likeness (QED) is 0.663. The Morgan fingerprint density at radius 1 is 1.07 bits per heavy atom. The van der Waals surface area contributed by atoms with E-state index in [-0.39, 0.29) is 0 Å². The van der Waals surface area contributed by atoms with Crippen LogP contribution in [0, 0.1) is 0 Å². The van der Waals surface area contributed by atoms with E-state index in [1.807, 2.05) is 6.92 Å². The predicted molar refractivity (Wildman–Crippen MR) is 72.5 cm³/mol. The molecule has 0 saturated heterocycles. The minimum atomic E-state index is -1.91. The molecule has 0 aromatic carbocycles. The number of hydrogen-bond acceptors (Lipinski definition) is 3.